The van der Waals surface area contributed by atoms with Gasteiger partial charge in [0.1, 0.15) is 5.75 Å². The molecule has 124 valence electrons. The van der Waals surface area contributed by atoms with Crippen molar-refractivity contribution in [3.63, 3.8) is 0 Å². The van der Waals surface area contributed by atoms with E-state index < -0.39 is 5.72 Å². The quantitative estimate of drug-likeness (QED) is 0.844. The predicted octanol–water partition coefficient (Wildman–Crippen LogP) is 4.23. The van der Waals surface area contributed by atoms with E-state index >= 15 is 0 Å². The Morgan fingerprint density at radius 1 is 1.08 bits per heavy atom. The SMILES string of the molecule is COc1ccc(/C=C/C23OCCN2c2ccccc2C3(C)C)cc1. The Hall–Kier alpha value is -2.26. The third-order valence-corrected chi connectivity index (χ3v) is 5.42. The first kappa shape index (κ1) is 15.3. The molecule has 0 spiro atoms. The van der Waals surface area contributed by atoms with Gasteiger partial charge in [-0.2, -0.15) is 0 Å². The summed E-state index contributed by atoms with van der Waals surface area (Å²) in [6, 6.07) is 16.8. The number of ether oxygens (including phenoxy) is 2. The summed E-state index contributed by atoms with van der Waals surface area (Å²) in [5.41, 5.74) is 3.26. The average molecular weight is 321 g/mol. The van der Waals surface area contributed by atoms with Gasteiger partial charge in [-0.15, -0.1) is 0 Å². The summed E-state index contributed by atoms with van der Waals surface area (Å²) in [4.78, 5) is 2.41. The summed E-state index contributed by atoms with van der Waals surface area (Å²) < 4.78 is 11.6. The van der Waals surface area contributed by atoms with Crippen molar-refractivity contribution in [1.29, 1.82) is 0 Å². The summed E-state index contributed by atoms with van der Waals surface area (Å²) in [6.45, 7) is 6.23. The molecule has 2 heterocycles. The minimum atomic E-state index is -0.420. The Bertz CT molecular complexity index is 779. The molecule has 0 saturated carbocycles. The predicted molar refractivity (Wildman–Crippen MR) is 97.5 cm³/mol. The van der Waals surface area contributed by atoms with E-state index in [-0.39, 0.29) is 5.41 Å². The minimum Gasteiger partial charge on any atom is -0.497 e. The van der Waals surface area contributed by atoms with Crippen molar-refractivity contribution in [2.75, 3.05) is 25.2 Å². The van der Waals surface area contributed by atoms with E-state index in [9.17, 15) is 0 Å². The fraction of sp³-hybridized carbons (Fsp3) is 0.333. The lowest BCUT2D eigenvalue weighted by molar-refractivity contribution is 0.000337. The Balaban J connectivity index is 1.74. The lowest BCUT2D eigenvalue weighted by atomic mass is 9.77. The van der Waals surface area contributed by atoms with E-state index in [0.717, 1.165) is 24.5 Å². The van der Waals surface area contributed by atoms with Gasteiger partial charge in [-0.3, -0.25) is 0 Å². The second-order valence-corrected chi connectivity index (χ2v) is 6.95. The van der Waals surface area contributed by atoms with Crippen molar-refractivity contribution < 1.29 is 9.47 Å². The van der Waals surface area contributed by atoms with Crippen molar-refractivity contribution in [2.45, 2.75) is 25.0 Å². The molecule has 2 aromatic rings. The van der Waals surface area contributed by atoms with Crippen LogP contribution in [0.15, 0.2) is 54.6 Å². The highest BCUT2D eigenvalue weighted by Gasteiger charge is 2.58. The molecule has 0 aromatic heterocycles. The van der Waals surface area contributed by atoms with E-state index in [4.69, 9.17) is 9.47 Å². The third-order valence-electron chi connectivity index (χ3n) is 5.42. The van der Waals surface area contributed by atoms with Crippen molar-refractivity contribution in [1.82, 2.24) is 0 Å². The van der Waals surface area contributed by atoms with Gasteiger partial charge in [-0.25, -0.2) is 0 Å². The van der Waals surface area contributed by atoms with Crippen LogP contribution in [-0.4, -0.2) is 26.0 Å². The summed E-state index contributed by atoms with van der Waals surface area (Å²) >= 11 is 0. The van der Waals surface area contributed by atoms with Gasteiger partial charge in [0.2, 0.25) is 0 Å². The van der Waals surface area contributed by atoms with Crippen LogP contribution in [0.2, 0.25) is 0 Å². The van der Waals surface area contributed by atoms with Gasteiger partial charge in [0.05, 0.1) is 13.7 Å². The number of fused-ring (bicyclic) bond motifs is 3. The Kier molecular flexibility index (Phi) is 3.43. The maximum Gasteiger partial charge on any atom is 0.170 e. The van der Waals surface area contributed by atoms with Crippen molar-refractivity contribution in [3.05, 3.63) is 65.7 Å². The van der Waals surface area contributed by atoms with Crippen LogP contribution >= 0.6 is 0 Å². The third kappa shape index (κ3) is 2.01. The minimum absolute atomic E-state index is 0.108. The first-order valence-electron chi connectivity index (χ1n) is 8.43. The fourth-order valence-corrected chi connectivity index (χ4v) is 4.05. The van der Waals surface area contributed by atoms with Gasteiger partial charge in [0.15, 0.2) is 5.72 Å². The van der Waals surface area contributed by atoms with Crippen LogP contribution in [0, 0.1) is 0 Å². The zero-order chi connectivity index (χ0) is 16.8. The molecule has 0 N–H and O–H groups in total. The second-order valence-electron chi connectivity index (χ2n) is 6.95. The van der Waals surface area contributed by atoms with Crippen molar-refractivity contribution >= 4 is 11.8 Å². The van der Waals surface area contributed by atoms with E-state index in [0.29, 0.717) is 0 Å². The van der Waals surface area contributed by atoms with Gasteiger partial charge >= 0.3 is 0 Å². The highest BCUT2D eigenvalue weighted by molar-refractivity contribution is 5.69. The summed E-state index contributed by atoms with van der Waals surface area (Å²) in [5.74, 6) is 0.873. The number of hydrogen-bond donors (Lipinski definition) is 0. The van der Waals surface area contributed by atoms with Crippen molar-refractivity contribution in [2.24, 2.45) is 0 Å². The molecule has 24 heavy (non-hydrogen) atoms. The number of para-hydroxylation sites is 1. The molecule has 0 bridgehead atoms. The van der Waals surface area contributed by atoms with Crippen LogP contribution in [0.25, 0.3) is 6.08 Å². The van der Waals surface area contributed by atoms with Crippen LogP contribution in [-0.2, 0) is 10.2 Å². The normalized spacial score (nSPS) is 24.2. The lowest BCUT2D eigenvalue weighted by Crippen LogP contribution is -2.51. The topological polar surface area (TPSA) is 21.7 Å². The Morgan fingerprint density at radius 3 is 2.58 bits per heavy atom. The van der Waals surface area contributed by atoms with Crippen LogP contribution in [0.5, 0.6) is 5.75 Å². The first-order valence-corrected chi connectivity index (χ1v) is 8.43. The molecule has 2 aromatic carbocycles. The summed E-state index contributed by atoms with van der Waals surface area (Å²) in [7, 11) is 1.69. The smallest absolute Gasteiger partial charge is 0.170 e. The molecule has 2 aliphatic heterocycles. The van der Waals surface area contributed by atoms with Crippen LogP contribution < -0.4 is 9.64 Å². The molecule has 1 fully saturated rings. The molecule has 3 nitrogen and oxygen atoms in total. The Labute approximate surface area is 143 Å². The second kappa shape index (κ2) is 5.38. The number of nitrogens with zero attached hydrogens (tertiary/aromatic N) is 1. The molecule has 3 heteroatoms. The van der Waals surface area contributed by atoms with Gasteiger partial charge in [-0.05, 0) is 35.4 Å². The Morgan fingerprint density at radius 2 is 1.83 bits per heavy atom. The molecular formula is C21H23NO2. The average Bonchev–Trinajstić information content (AvgIpc) is 3.12. The van der Waals surface area contributed by atoms with Gasteiger partial charge < -0.3 is 14.4 Å². The van der Waals surface area contributed by atoms with Crippen LogP contribution in [0.3, 0.4) is 0 Å². The number of benzene rings is 2. The maximum atomic E-state index is 6.34. The molecule has 1 saturated heterocycles. The zero-order valence-electron chi connectivity index (χ0n) is 14.5. The molecule has 1 unspecified atom stereocenters. The van der Waals surface area contributed by atoms with Gasteiger partial charge in [0, 0.05) is 17.6 Å². The molecule has 2 aliphatic rings. The monoisotopic (exact) mass is 321 g/mol. The van der Waals surface area contributed by atoms with Crippen molar-refractivity contribution in [3.8, 4) is 5.75 Å². The molecule has 0 radical (unpaired) electrons. The van der Waals surface area contributed by atoms with E-state index in [1.807, 2.05) is 12.1 Å². The zero-order valence-corrected chi connectivity index (χ0v) is 14.5. The molecule has 1 atom stereocenters. The number of anilines is 1. The van der Waals surface area contributed by atoms with E-state index in [1.165, 1.54) is 11.3 Å². The molecular weight excluding hydrogens is 298 g/mol. The summed E-state index contributed by atoms with van der Waals surface area (Å²) in [5, 5.41) is 0. The lowest BCUT2D eigenvalue weighted by Gasteiger charge is -2.39. The van der Waals surface area contributed by atoms with Gasteiger partial charge in [0.25, 0.3) is 0 Å². The van der Waals surface area contributed by atoms with E-state index in [1.54, 1.807) is 7.11 Å². The number of hydrogen-bond acceptors (Lipinski definition) is 3. The molecule has 4 rings (SSSR count). The van der Waals surface area contributed by atoms with Crippen LogP contribution in [0.4, 0.5) is 5.69 Å². The first-order chi connectivity index (χ1) is 11.6. The highest BCUT2D eigenvalue weighted by Crippen LogP contribution is 2.54. The standard InChI is InChI=1S/C21H23NO2/c1-20(2)18-6-4-5-7-19(18)22-14-15-24-21(20,22)13-12-16-8-10-17(23-3)11-9-16/h4-13H,14-15H2,1-3H3/b13-12+. The molecule has 0 aliphatic carbocycles. The number of rotatable bonds is 3. The largest absolute Gasteiger partial charge is 0.497 e. The maximum absolute atomic E-state index is 6.34. The van der Waals surface area contributed by atoms with Crippen LogP contribution in [0.1, 0.15) is 25.0 Å². The summed E-state index contributed by atoms with van der Waals surface area (Å²) in [6.07, 6.45) is 4.38. The fourth-order valence-electron chi connectivity index (χ4n) is 4.05. The molecule has 0 amide bonds. The van der Waals surface area contributed by atoms with Gasteiger partial charge in [-0.1, -0.05) is 50.3 Å². The van der Waals surface area contributed by atoms with E-state index in [2.05, 4.69) is 67.3 Å². The number of methoxy groups -OCH3 is 1. The highest BCUT2D eigenvalue weighted by atomic mass is 16.5.